The number of hydrogen-bond donors (Lipinski definition) is 1. The SMILES string of the molecule is C(#Cc1ccccc1)C1=CC2(CCNCC2)OCC1. The maximum atomic E-state index is 6.00. The summed E-state index contributed by atoms with van der Waals surface area (Å²) in [5.41, 5.74) is 2.26. The summed E-state index contributed by atoms with van der Waals surface area (Å²) >= 11 is 0. The minimum absolute atomic E-state index is 0.0514. The van der Waals surface area contributed by atoms with Crippen LogP contribution in [0.2, 0.25) is 0 Å². The number of nitrogens with one attached hydrogen (secondary N) is 1. The van der Waals surface area contributed by atoms with Crippen molar-refractivity contribution in [3.63, 3.8) is 0 Å². The minimum Gasteiger partial charge on any atom is -0.370 e. The molecule has 1 saturated heterocycles. The quantitative estimate of drug-likeness (QED) is 0.717. The number of ether oxygens (including phenoxy) is 1. The molecule has 2 aliphatic rings. The molecule has 1 aromatic rings. The summed E-state index contributed by atoms with van der Waals surface area (Å²) in [5, 5.41) is 3.38. The largest absolute Gasteiger partial charge is 0.370 e. The van der Waals surface area contributed by atoms with E-state index in [1.807, 2.05) is 30.3 Å². The zero-order valence-electron chi connectivity index (χ0n) is 11.1. The third-order valence-corrected chi connectivity index (χ3v) is 3.79. The van der Waals surface area contributed by atoms with Crippen molar-refractivity contribution >= 4 is 0 Å². The Bertz CT molecular complexity index is 515. The molecule has 0 atom stereocenters. The molecule has 1 spiro atoms. The van der Waals surface area contributed by atoms with E-state index in [0.29, 0.717) is 0 Å². The number of benzene rings is 1. The Morgan fingerprint density at radius 2 is 1.84 bits per heavy atom. The molecule has 1 fully saturated rings. The molecule has 2 heterocycles. The molecule has 1 N–H and O–H groups in total. The minimum atomic E-state index is -0.0514. The van der Waals surface area contributed by atoms with Crippen molar-refractivity contribution in [1.29, 1.82) is 0 Å². The standard InChI is InChI=1S/C17H19NO/c1-2-4-15(5-3-1)6-7-16-8-13-19-17(14-16)9-11-18-12-10-17/h1-5,14,18H,8-13H2. The fourth-order valence-electron chi connectivity index (χ4n) is 2.71. The van der Waals surface area contributed by atoms with E-state index < -0.39 is 0 Å². The second-order valence-electron chi connectivity index (χ2n) is 5.20. The fraction of sp³-hybridized carbons (Fsp3) is 0.412. The molecule has 19 heavy (non-hydrogen) atoms. The summed E-state index contributed by atoms with van der Waals surface area (Å²) in [4.78, 5) is 0. The molecule has 1 aromatic carbocycles. The van der Waals surface area contributed by atoms with Gasteiger partial charge in [0.2, 0.25) is 0 Å². The van der Waals surface area contributed by atoms with Gasteiger partial charge in [0, 0.05) is 17.6 Å². The van der Waals surface area contributed by atoms with Gasteiger partial charge < -0.3 is 10.1 Å². The van der Waals surface area contributed by atoms with E-state index in [1.165, 1.54) is 5.57 Å². The van der Waals surface area contributed by atoms with Crippen LogP contribution in [0.5, 0.6) is 0 Å². The van der Waals surface area contributed by atoms with Crippen LogP contribution in [0.15, 0.2) is 42.0 Å². The van der Waals surface area contributed by atoms with Crippen molar-refractivity contribution in [3.05, 3.63) is 47.5 Å². The van der Waals surface area contributed by atoms with E-state index in [0.717, 1.165) is 44.5 Å². The zero-order chi connectivity index (χ0) is 13.0. The second kappa shape index (κ2) is 5.61. The van der Waals surface area contributed by atoms with Gasteiger partial charge in [0.15, 0.2) is 0 Å². The maximum Gasteiger partial charge on any atom is 0.0898 e. The molecule has 3 rings (SSSR count). The van der Waals surface area contributed by atoms with Gasteiger partial charge in [-0.2, -0.15) is 0 Å². The molecule has 0 bridgehead atoms. The van der Waals surface area contributed by atoms with Gasteiger partial charge in [-0.3, -0.25) is 0 Å². The van der Waals surface area contributed by atoms with Crippen molar-refractivity contribution in [2.45, 2.75) is 24.9 Å². The Morgan fingerprint density at radius 3 is 2.63 bits per heavy atom. The first kappa shape index (κ1) is 12.5. The Kier molecular flexibility index (Phi) is 3.68. The van der Waals surface area contributed by atoms with E-state index in [1.54, 1.807) is 0 Å². The topological polar surface area (TPSA) is 21.3 Å². The Balaban J connectivity index is 1.79. The van der Waals surface area contributed by atoms with Crippen LogP contribution in [-0.4, -0.2) is 25.3 Å². The van der Waals surface area contributed by atoms with E-state index in [-0.39, 0.29) is 5.60 Å². The monoisotopic (exact) mass is 253 g/mol. The van der Waals surface area contributed by atoms with Crippen molar-refractivity contribution in [3.8, 4) is 11.8 Å². The summed E-state index contributed by atoms with van der Waals surface area (Å²) in [5.74, 6) is 6.57. The molecule has 2 nitrogen and oxygen atoms in total. The van der Waals surface area contributed by atoms with Crippen LogP contribution < -0.4 is 5.32 Å². The van der Waals surface area contributed by atoms with Crippen molar-refractivity contribution in [2.24, 2.45) is 0 Å². The van der Waals surface area contributed by atoms with Gasteiger partial charge in [-0.05, 0) is 44.1 Å². The molecule has 0 amide bonds. The highest BCUT2D eigenvalue weighted by Gasteiger charge is 2.33. The van der Waals surface area contributed by atoms with Crippen LogP contribution in [0.4, 0.5) is 0 Å². The Morgan fingerprint density at radius 1 is 1.05 bits per heavy atom. The second-order valence-corrected chi connectivity index (χ2v) is 5.20. The summed E-state index contributed by atoms with van der Waals surface area (Å²) in [7, 11) is 0. The molecule has 0 aromatic heterocycles. The van der Waals surface area contributed by atoms with Crippen molar-refractivity contribution < 1.29 is 4.74 Å². The molecule has 0 saturated carbocycles. The molecule has 0 radical (unpaired) electrons. The molecular weight excluding hydrogens is 234 g/mol. The lowest BCUT2D eigenvalue weighted by atomic mass is 9.87. The highest BCUT2D eigenvalue weighted by Crippen LogP contribution is 2.30. The van der Waals surface area contributed by atoms with Gasteiger partial charge in [-0.15, -0.1) is 0 Å². The lowest BCUT2D eigenvalue weighted by molar-refractivity contribution is -0.0355. The first-order valence-electron chi connectivity index (χ1n) is 7.00. The molecule has 98 valence electrons. The van der Waals surface area contributed by atoms with Crippen LogP contribution in [-0.2, 0) is 4.74 Å². The number of hydrogen-bond acceptors (Lipinski definition) is 2. The van der Waals surface area contributed by atoms with Crippen LogP contribution in [0.1, 0.15) is 24.8 Å². The van der Waals surface area contributed by atoms with Crippen molar-refractivity contribution in [2.75, 3.05) is 19.7 Å². The summed E-state index contributed by atoms with van der Waals surface area (Å²) in [6, 6.07) is 10.2. The highest BCUT2D eigenvalue weighted by molar-refractivity contribution is 5.42. The predicted molar refractivity (Wildman–Crippen MR) is 76.8 cm³/mol. The first-order chi connectivity index (χ1) is 9.36. The van der Waals surface area contributed by atoms with E-state index in [2.05, 4.69) is 23.2 Å². The van der Waals surface area contributed by atoms with Gasteiger partial charge in [0.05, 0.1) is 12.2 Å². The first-order valence-corrected chi connectivity index (χ1v) is 7.00. The van der Waals surface area contributed by atoms with Crippen LogP contribution in [0.3, 0.4) is 0 Å². The van der Waals surface area contributed by atoms with Gasteiger partial charge in [0.1, 0.15) is 0 Å². The lowest BCUT2D eigenvalue weighted by Gasteiger charge is -2.38. The van der Waals surface area contributed by atoms with E-state index in [9.17, 15) is 0 Å². The molecule has 2 heteroatoms. The highest BCUT2D eigenvalue weighted by atomic mass is 16.5. The maximum absolute atomic E-state index is 6.00. The molecule has 0 unspecified atom stereocenters. The summed E-state index contributed by atoms with van der Waals surface area (Å²) < 4.78 is 6.00. The number of rotatable bonds is 0. The Labute approximate surface area is 114 Å². The van der Waals surface area contributed by atoms with E-state index in [4.69, 9.17) is 4.74 Å². The van der Waals surface area contributed by atoms with E-state index >= 15 is 0 Å². The number of piperidine rings is 1. The molecular formula is C17H19NO. The van der Waals surface area contributed by atoms with Crippen LogP contribution >= 0.6 is 0 Å². The average molecular weight is 253 g/mol. The Hall–Kier alpha value is -1.56. The van der Waals surface area contributed by atoms with Crippen LogP contribution in [0, 0.1) is 11.8 Å². The summed E-state index contributed by atoms with van der Waals surface area (Å²) in [6.45, 7) is 2.88. The van der Waals surface area contributed by atoms with Gasteiger partial charge in [-0.1, -0.05) is 30.0 Å². The summed E-state index contributed by atoms with van der Waals surface area (Å²) in [6.07, 6.45) is 5.33. The third-order valence-electron chi connectivity index (χ3n) is 3.79. The average Bonchev–Trinajstić information content (AvgIpc) is 2.47. The van der Waals surface area contributed by atoms with Crippen molar-refractivity contribution in [1.82, 2.24) is 5.32 Å². The zero-order valence-corrected chi connectivity index (χ0v) is 11.1. The van der Waals surface area contributed by atoms with Gasteiger partial charge in [-0.25, -0.2) is 0 Å². The third kappa shape index (κ3) is 3.07. The van der Waals surface area contributed by atoms with Gasteiger partial charge >= 0.3 is 0 Å². The predicted octanol–water partition coefficient (Wildman–Crippen LogP) is 2.51. The molecule has 0 aliphatic carbocycles. The lowest BCUT2D eigenvalue weighted by Crippen LogP contribution is -2.44. The smallest absolute Gasteiger partial charge is 0.0898 e. The molecule has 2 aliphatic heterocycles. The van der Waals surface area contributed by atoms with Crippen LogP contribution in [0.25, 0.3) is 0 Å². The fourth-order valence-corrected chi connectivity index (χ4v) is 2.71. The van der Waals surface area contributed by atoms with Gasteiger partial charge in [0.25, 0.3) is 0 Å². The normalized spacial score (nSPS) is 21.4.